The lowest BCUT2D eigenvalue weighted by atomic mass is 9.91. The molecule has 0 aliphatic heterocycles. The Morgan fingerprint density at radius 2 is 1.93 bits per heavy atom. The van der Waals surface area contributed by atoms with Gasteiger partial charge in [-0.1, -0.05) is 27.7 Å². The zero-order valence-corrected chi connectivity index (χ0v) is 11.8. The van der Waals surface area contributed by atoms with Crippen LogP contribution in [0.1, 0.15) is 47.0 Å². The highest BCUT2D eigenvalue weighted by molar-refractivity contribution is 7.99. The van der Waals surface area contributed by atoms with E-state index >= 15 is 0 Å². The summed E-state index contributed by atoms with van der Waals surface area (Å²) in [4.78, 5) is 0. The number of thioether (sulfide) groups is 1. The molecule has 0 fully saturated rings. The van der Waals surface area contributed by atoms with E-state index in [0.717, 1.165) is 11.8 Å². The van der Waals surface area contributed by atoms with Gasteiger partial charge in [0.15, 0.2) is 0 Å². The number of hydrogen-bond donors (Lipinski definition) is 1. The van der Waals surface area contributed by atoms with Crippen molar-refractivity contribution >= 4 is 11.8 Å². The highest BCUT2D eigenvalue weighted by Crippen LogP contribution is 2.17. The van der Waals surface area contributed by atoms with Gasteiger partial charge in [0.2, 0.25) is 0 Å². The van der Waals surface area contributed by atoms with E-state index in [-0.39, 0.29) is 0 Å². The Labute approximate surface area is 101 Å². The molecular weight excluding hydrogens is 202 g/mol. The molecule has 1 unspecified atom stereocenters. The largest absolute Gasteiger partial charge is 0.316 e. The van der Waals surface area contributed by atoms with Crippen molar-refractivity contribution in [3.63, 3.8) is 0 Å². The minimum Gasteiger partial charge on any atom is -0.316 e. The molecular formula is C13H29NS. The van der Waals surface area contributed by atoms with Gasteiger partial charge in [0, 0.05) is 0 Å². The van der Waals surface area contributed by atoms with Crippen molar-refractivity contribution < 1.29 is 0 Å². The lowest BCUT2D eigenvalue weighted by molar-refractivity contribution is 0.339. The molecule has 1 atom stereocenters. The van der Waals surface area contributed by atoms with Crippen LogP contribution in [-0.4, -0.2) is 24.6 Å². The predicted octanol–water partition coefficient (Wildman–Crippen LogP) is 3.79. The van der Waals surface area contributed by atoms with E-state index in [2.05, 4.69) is 44.8 Å². The van der Waals surface area contributed by atoms with Crippen LogP contribution in [0.5, 0.6) is 0 Å². The summed E-state index contributed by atoms with van der Waals surface area (Å²) in [5, 5.41) is 3.55. The van der Waals surface area contributed by atoms with Gasteiger partial charge in [0.05, 0.1) is 0 Å². The molecule has 0 aromatic rings. The van der Waals surface area contributed by atoms with Gasteiger partial charge in [-0.3, -0.25) is 0 Å². The Bertz CT molecular complexity index is 126. The molecule has 0 amide bonds. The van der Waals surface area contributed by atoms with Gasteiger partial charge in [-0.2, -0.15) is 11.8 Å². The average Bonchev–Trinajstić information content (AvgIpc) is 2.21. The second-order valence-electron chi connectivity index (χ2n) is 4.55. The first kappa shape index (κ1) is 15.3. The third-order valence-electron chi connectivity index (χ3n) is 2.84. The molecule has 0 spiro atoms. The van der Waals surface area contributed by atoms with E-state index in [4.69, 9.17) is 0 Å². The van der Waals surface area contributed by atoms with E-state index in [1.807, 2.05) is 0 Å². The normalized spacial score (nSPS) is 13.4. The molecule has 0 saturated heterocycles. The molecule has 0 aliphatic carbocycles. The van der Waals surface area contributed by atoms with Gasteiger partial charge in [-0.05, 0) is 55.7 Å². The van der Waals surface area contributed by atoms with E-state index in [0.29, 0.717) is 0 Å². The van der Waals surface area contributed by atoms with E-state index in [9.17, 15) is 0 Å². The summed E-state index contributed by atoms with van der Waals surface area (Å²) in [6.45, 7) is 11.6. The van der Waals surface area contributed by atoms with E-state index in [1.54, 1.807) is 0 Å². The van der Waals surface area contributed by atoms with Gasteiger partial charge >= 0.3 is 0 Å². The van der Waals surface area contributed by atoms with Gasteiger partial charge in [-0.25, -0.2) is 0 Å². The topological polar surface area (TPSA) is 12.0 Å². The lowest BCUT2D eigenvalue weighted by Gasteiger charge is -2.21. The van der Waals surface area contributed by atoms with Crippen LogP contribution in [0.2, 0.25) is 0 Å². The Morgan fingerprint density at radius 3 is 2.47 bits per heavy atom. The molecule has 0 aromatic heterocycles. The smallest absolute Gasteiger partial charge is 0.00181 e. The molecule has 1 N–H and O–H groups in total. The molecule has 0 aromatic carbocycles. The van der Waals surface area contributed by atoms with Crippen LogP contribution >= 0.6 is 11.8 Å². The molecule has 0 radical (unpaired) electrons. The monoisotopic (exact) mass is 231 g/mol. The maximum Gasteiger partial charge on any atom is -0.00181 e. The van der Waals surface area contributed by atoms with Crippen LogP contribution in [-0.2, 0) is 0 Å². The van der Waals surface area contributed by atoms with Crippen LogP contribution in [0.15, 0.2) is 0 Å². The van der Waals surface area contributed by atoms with Crippen molar-refractivity contribution in [2.75, 3.05) is 24.6 Å². The summed E-state index contributed by atoms with van der Waals surface area (Å²) in [6.07, 6.45) is 4.02. The molecule has 1 nitrogen and oxygen atoms in total. The predicted molar refractivity (Wildman–Crippen MR) is 73.7 cm³/mol. The third kappa shape index (κ3) is 9.25. The molecule has 0 aliphatic rings. The first-order chi connectivity index (χ1) is 7.22. The first-order valence-corrected chi connectivity index (χ1v) is 7.66. The summed E-state index contributed by atoms with van der Waals surface area (Å²) >= 11 is 2.07. The summed E-state index contributed by atoms with van der Waals surface area (Å²) in [5.41, 5.74) is 0. The quantitative estimate of drug-likeness (QED) is 0.574. The number of hydrogen-bond acceptors (Lipinski definition) is 2. The fourth-order valence-corrected chi connectivity index (χ4v) is 2.39. The second kappa shape index (κ2) is 10.8. The molecule has 2 heteroatoms. The Morgan fingerprint density at radius 1 is 1.20 bits per heavy atom. The highest BCUT2D eigenvalue weighted by Gasteiger charge is 2.11. The Balaban J connectivity index is 3.54. The minimum atomic E-state index is 0.820. The average molecular weight is 231 g/mol. The van der Waals surface area contributed by atoms with Gasteiger partial charge in [0.1, 0.15) is 0 Å². The fourth-order valence-electron chi connectivity index (χ4n) is 1.73. The van der Waals surface area contributed by atoms with Crippen LogP contribution in [0, 0.1) is 11.8 Å². The third-order valence-corrected chi connectivity index (χ3v) is 3.83. The summed E-state index contributed by atoms with van der Waals surface area (Å²) in [6, 6.07) is 0. The van der Waals surface area contributed by atoms with E-state index in [1.165, 1.54) is 43.9 Å². The second-order valence-corrected chi connectivity index (χ2v) is 5.94. The van der Waals surface area contributed by atoms with Crippen molar-refractivity contribution in [3.05, 3.63) is 0 Å². The molecule has 92 valence electrons. The van der Waals surface area contributed by atoms with Gasteiger partial charge < -0.3 is 5.32 Å². The Kier molecular flexibility index (Phi) is 11.0. The summed E-state index contributed by atoms with van der Waals surface area (Å²) in [7, 11) is 0. The van der Waals surface area contributed by atoms with Crippen LogP contribution in [0.25, 0.3) is 0 Å². The lowest BCUT2D eigenvalue weighted by Crippen LogP contribution is -2.26. The van der Waals surface area contributed by atoms with Crippen molar-refractivity contribution in [1.82, 2.24) is 5.32 Å². The minimum absolute atomic E-state index is 0.820. The Hall–Kier alpha value is 0.310. The van der Waals surface area contributed by atoms with Crippen LogP contribution in [0.4, 0.5) is 0 Å². The molecule has 0 rings (SSSR count). The van der Waals surface area contributed by atoms with Gasteiger partial charge in [-0.15, -0.1) is 0 Å². The number of rotatable bonds is 10. The van der Waals surface area contributed by atoms with Crippen molar-refractivity contribution in [1.29, 1.82) is 0 Å². The van der Waals surface area contributed by atoms with Crippen LogP contribution < -0.4 is 5.32 Å². The number of nitrogens with one attached hydrogen (secondary N) is 1. The highest BCUT2D eigenvalue weighted by atomic mass is 32.2. The first-order valence-electron chi connectivity index (χ1n) is 6.50. The zero-order valence-electron chi connectivity index (χ0n) is 11.0. The van der Waals surface area contributed by atoms with Gasteiger partial charge in [0.25, 0.3) is 0 Å². The fraction of sp³-hybridized carbons (Fsp3) is 1.00. The molecule has 0 saturated carbocycles. The summed E-state index contributed by atoms with van der Waals surface area (Å²) < 4.78 is 0. The molecule has 15 heavy (non-hydrogen) atoms. The molecule has 0 bridgehead atoms. The maximum absolute atomic E-state index is 3.55. The van der Waals surface area contributed by atoms with Crippen molar-refractivity contribution in [2.45, 2.75) is 47.0 Å². The zero-order chi connectivity index (χ0) is 11.5. The van der Waals surface area contributed by atoms with Crippen molar-refractivity contribution in [3.8, 4) is 0 Å². The summed E-state index contributed by atoms with van der Waals surface area (Å²) in [5.74, 6) is 4.29. The van der Waals surface area contributed by atoms with E-state index < -0.39 is 0 Å². The van der Waals surface area contributed by atoms with Crippen molar-refractivity contribution in [2.24, 2.45) is 11.8 Å². The standard InChI is InChI=1S/C13H29NS/c1-5-9-14-11-13(12(3)4)8-7-10-15-6-2/h12-14H,5-11H2,1-4H3. The maximum atomic E-state index is 3.55. The van der Waals surface area contributed by atoms with Crippen LogP contribution in [0.3, 0.4) is 0 Å². The molecule has 0 heterocycles. The SMILES string of the molecule is CCCNCC(CCCSCC)C(C)C.